The molecule has 1 heterocycles. The summed E-state index contributed by atoms with van der Waals surface area (Å²) in [5.74, 6) is -0.318. The van der Waals surface area contributed by atoms with Crippen LogP contribution in [0.3, 0.4) is 0 Å². The number of aromatic nitrogens is 3. The number of halogens is 1. The van der Waals surface area contributed by atoms with Gasteiger partial charge in [-0.1, -0.05) is 48.2 Å². The number of aromatic hydroxyl groups is 1. The number of nitrogens with one attached hydrogen (secondary N) is 1. The van der Waals surface area contributed by atoms with Crippen molar-refractivity contribution >= 4 is 23.4 Å². The Morgan fingerprint density at radius 3 is 2.55 bits per heavy atom. The van der Waals surface area contributed by atoms with Crippen molar-refractivity contribution in [2.45, 2.75) is 12.1 Å². The summed E-state index contributed by atoms with van der Waals surface area (Å²) in [5.41, 5.74) is 2.30. The molecule has 0 saturated heterocycles. The number of carbonyl (C=O) groups excluding carboxylic acids is 1. The molecule has 0 fully saturated rings. The van der Waals surface area contributed by atoms with Gasteiger partial charge in [0.2, 0.25) is 5.91 Å². The van der Waals surface area contributed by atoms with Crippen molar-refractivity contribution in [1.82, 2.24) is 14.8 Å². The second-order valence-corrected chi connectivity index (χ2v) is 7.76. The zero-order valence-corrected chi connectivity index (χ0v) is 17.4. The fourth-order valence-corrected chi connectivity index (χ4v) is 3.81. The molecule has 0 aliphatic carbocycles. The van der Waals surface area contributed by atoms with Crippen LogP contribution in [0.25, 0.3) is 17.1 Å². The molecule has 0 saturated carbocycles. The second kappa shape index (κ2) is 9.01. The number of carbonyl (C=O) groups is 1. The summed E-state index contributed by atoms with van der Waals surface area (Å²) >= 11 is 1.17. The van der Waals surface area contributed by atoms with Gasteiger partial charge < -0.3 is 10.4 Å². The molecule has 156 valence electrons. The van der Waals surface area contributed by atoms with Crippen LogP contribution >= 0.6 is 11.8 Å². The second-order valence-electron chi connectivity index (χ2n) is 6.81. The van der Waals surface area contributed by atoms with Crippen molar-refractivity contribution in [1.29, 1.82) is 0 Å². The molecule has 1 aromatic heterocycles. The normalized spacial score (nSPS) is 10.8. The summed E-state index contributed by atoms with van der Waals surface area (Å²) in [7, 11) is 0. The van der Waals surface area contributed by atoms with Gasteiger partial charge in [0.15, 0.2) is 11.0 Å². The van der Waals surface area contributed by atoms with E-state index in [-0.39, 0.29) is 17.4 Å². The minimum atomic E-state index is -0.406. The lowest BCUT2D eigenvalue weighted by molar-refractivity contribution is -0.113. The van der Waals surface area contributed by atoms with Crippen LogP contribution in [0.4, 0.5) is 10.1 Å². The van der Waals surface area contributed by atoms with Gasteiger partial charge in [-0.25, -0.2) is 4.39 Å². The highest BCUT2D eigenvalue weighted by Gasteiger charge is 2.19. The van der Waals surface area contributed by atoms with Crippen molar-refractivity contribution < 1.29 is 14.3 Å². The molecule has 3 aromatic carbocycles. The highest BCUT2D eigenvalue weighted by molar-refractivity contribution is 7.99. The molecule has 0 atom stereocenters. The van der Waals surface area contributed by atoms with Gasteiger partial charge in [-0.3, -0.25) is 9.36 Å². The lowest BCUT2D eigenvalue weighted by Gasteiger charge is -2.11. The lowest BCUT2D eigenvalue weighted by Crippen LogP contribution is -2.14. The van der Waals surface area contributed by atoms with Crippen LogP contribution in [0.1, 0.15) is 5.56 Å². The first-order valence-electron chi connectivity index (χ1n) is 9.51. The molecule has 0 aliphatic rings. The lowest BCUT2D eigenvalue weighted by atomic mass is 10.2. The predicted molar refractivity (Wildman–Crippen MR) is 119 cm³/mol. The molecule has 4 aromatic rings. The van der Waals surface area contributed by atoms with Crippen LogP contribution in [-0.4, -0.2) is 31.5 Å². The van der Waals surface area contributed by atoms with Crippen LogP contribution in [0.2, 0.25) is 0 Å². The Bertz CT molecular complexity index is 1230. The third kappa shape index (κ3) is 4.59. The molecule has 0 radical (unpaired) electrons. The fraction of sp³-hybridized carbons (Fsp3) is 0.0870. The quantitative estimate of drug-likeness (QED) is 0.336. The van der Waals surface area contributed by atoms with E-state index in [0.29, 0.717) is 22.2 Å². The number of hydrogen-bond donors (Lipinski definition) is 2. The maximum Gasteiger partial charge on any atom is 0.234 e. The Kier molecular flexibility index (Phi) is 5.99. The first-order chi connectivity index (χ1) is 15.0. The van der Waals surface area contributed by atoms with Gasteiger partial charge in [-0.2, -0.15) is 0 Å². The zero-order chi connectivity index (χ0) is 21.8. The Morgan fingerprint density at radius 1 is 1.06 bits per heavy atom. The van der Waals surface area contributed by atoms with Gasteiger partial charge in [0.05, 0.1) is 17.0 Å². The summed E-state index contributed by atoms with van der Waals surface area (Å²) in [6.45, 7) is 1.85. The topological polar surface area (TPSA) is 80.0 Å². The van der Waals surface area contributed by atoms with Crippen molar-refractivity contribution in [3.05, 3.63) is 84.2 Å². The Morgan fingerprint density at radius 2 is 1.81 bits per heavy atom. The van der Waals surface area contributed by atoms with Gasteiger partial charge in [0, 0.05) is 5.69 Å². The third-order valence-electron chi connectivity index (χ3n) is 4.52. The standard InChI is InChI=1S/C23H19FN4O2S/c1-15-11-12-19(20(29)13-15)25-21(30)14-31-23-27-26-22(17-9-5-6-10-18(17)24)28(23)16-7-3-2-4-8-16/h2-13,29H,14H2,1H3,(H,25,30). The molecule has 0 bridgehead atoms. The average molecular weight is 434 g/mol. The van der Waals surface area contributed by atoms with Crippen molar-refractivity contribution in [3.63, 3.8) is 0 Å². The molecule has 8 heteroatoms. The van der Waals surface area contributed by atoms with Gasteiger partial charge >= 0.3 is 0 Å². The Labute approximate surface area is 182 Å². The Hall–Kier alpha value is -3.65. The summed E-state index contributed by atoms with van der Waals surface area (Å²) in [6, 6.07) is 20.7. The minimum absolute atomic E-state index is 0.00708. The number of phenolic OH excluding ortho intramolecular Hbond substituents is 1. The van der Waals surface area contributed by atoms with E-state index in [1.54, 1.807) is 41.0 Å². The highest BCUT2D eigenvalue weighted by atomic mass is 32.2. The van der Waals surface area contributed by atoms with E-state index in [9.17, 15) is 14.3 Å². The molecular formula is C23H19FN4O2S. The summed E-state index contributed by atoms with van der Waals surface area (Å²) in [5, 5.41) is 21.5. The maximum atomic E-state index is 14.4. The van der Waals surface area contributed by atoms with E-state index in [4.69, 9.17) is 0 Å². The molecule has 6 nitrogen and oxygen atoms in total. The smallest absolute Gasteiger partial charge is 0.234 e. The number of rotatable bonds is 6. The van der Waals surface area contributed by atoms with Crippen LogP contribution < -0.4 is 5.32 Å². The van der Waals surface area contributed by atoms with E-state index in [1.165, 1.54) is 17.8 Å². The third-order valence-corrected chi connectivity index (χ3v) is 5.45. The van der Waals surface area contributed by atoms with E-state index < -0.39 is 5.82 Å². The summed E-state index contributed by atoms with van der Waals surface area (Å²) in [4.78, 5) is 12.4. The zero-order valence-electron chi connectivity index (χ0n) is 16.6. The largest absolute Gasteiger partial charge is 0.506 e. The van der Waals surface area contributed by atoms with Gasteiger partial charge in [0.1, 0.15) is 11.6 Å². The number of aryl methyl sites for hydroxylation is 1. The number of benzene rings is 3. The van der Waals surface area contributed by atoms with E-state index in [2.05, 4.69) is 15.5 Å². The summed E-state index contributed by atoms with van der Waals surface area (Å²) in [6.07, 6.45) is 0. The number of amides is 1. The SMILES string of the molecule is Cc1ccc(NC(=O)CSc2nnc(-c3ccccc3F)n2-c2ccccc2)c(O)c1. The monoisotopic (exact) mass is 434 g/mol. The molecule has 0 unspecified atom stereocenters. The number of anilines is 1. The predicted octanol–water partition coefficient (Wildman–Crippen LogP) is 4.82. The number of nitrogens with zero attached hydrogens (tertiary/aromatic N) is 3. The minimum Gasteiger partial charge on any atom is -0.506 e. The molecule has 0 aliphatic heterocycles. The Balaban J connectivity index is 1.60. The first kappa shape index (κ1) is 20.6. The van der Waals surface area contributed by atoms with Crippen molar-refractivity contribution in [2.75, 3.05) is 11.1 Å². The molecule has 31 heavy (non-hydrogen) atoms. The summed E-state index contributed by atoms with van der Waals surface area (Å²) < 4.78 is 16.1. The van der Waals surface area contributed by atoms with Gasteiger partial charge in [0.25, 0.3) is 0 Å². The van der Waals surface area contributed by atoms with E-state index in [1.807, 2.05) is 37.3 Å². The molecule has 1 amide bonds. The molecular weight excluding hydrogens is 415 g/mol. The average Bonchev–Trinajstić information content (AvgIpc) is 3.19. The molecule has 4 rings (SSSR count). The van der Waals surface area contributed by atoms with Crippen LogP contribution in [0, 0.1) is 12.7 Å². The number of phenols is 1. The highest BCUT2D eigenvalue weighted by Crippen LogP contribution is 2.30. The fourth-order valence-electron chi connectivity index (χ4n) is 3.05. The number of hydrogen-bond acceptors (Lipinski definition) is 5. The van der Waals surface area contributed by atoms with Gasteiger partial charge in [-0.05, 0) is 48.9 Å². The van der Waals surface area contributed by atoms with E-state index >= 15 is 0 Å². The molecule has 0 spiro atoms. The van der Waals surface area contributed by atoms with E-state index in [0.717, 1.165) is 11.3 Å². The van der Waals surface area contributed by atoms with Crippen molar-refractivity contribution in [3.8, 4) is 22.8 Å². The van der Waals surface area contributed by atoms with Crippen LogP contribution in [0.5, 0.6) is 5.75 Å². The van der Waals surface area contributed by atoms with Gasteiger partial charge in [-0.15, -0.1) is 10.2 Å². The number of para-hydroxylation sites is 1. The molecule has 2 N–H and O–H groups in total. The maximum absolute atomic E-state index is 14.4. The first-order valence-corrected chi connectivity index (χ1v) is 10.5. The van der Waals surface area contributed by atoms with Crippen LogP contribution in [0.15, 0.2) is 78.0 Å². The van der Waals surface area contributed by atoms with Crippen molar-refractivity contribution in [2.24, 2.45) is 0 Å². The van der Waals surface area contributed by atoms with Crippen LogP contribution in [-0.2, 0) is 4.79 Å². The number of thioether (sulfide) groups is 1.